The highest BCUT2D eigenvalue weighted by Gasteiger charge is 2.04. The summed E-state index contributed by atoms with van der Waals surface area (Å²) in [5.41, 5.74) is 1.14. The maximum atomic E-state index is 11.0. The maximum absolute atomic E-state index is 11.0. The summed E-state index contributed by atoms with van der Waals surface area (Å²) in [5, 5.41) is 0. The third kappa shape index (κ3) is 4.26. The zero-order valence-corrected chi connectivity index (χ0v) is 11.3. The maximum Gasteiger partial charge on any atom is 0.289 e. The van der Waals surface area contributed by atoms with Crippen LogP contribution in [0, 0.1) is 0 Å². The Balaban J connectivity index is 2.60. The molecule has 0 aliphatic carbocycles. The van der Waals surface area contributed by atoms with Gasteiger partial charge in [-0.3, -0.25) is 4.79 Å². The van der Waals surface area contributed by atoms with Crippen molar-refractivity contribution in [2.45, 2.75) is 18.4 Å². The lowest BCUT2D eigenvalue weighted by Crippen LogP contribution is -2.19. The van der Waals surface area contributed by atoms with E-state index in [9.17, 15) is 4.79 Å². The first-order valence-electron chi connectivity index (χ1n) is 4.75. The topological polar surface area (TPSA) is 20.3 Å². The van der Waals surface area contributed by atoms with E-state index in [0.717, 1.165) is 11.3 Å². The third-order valence-electron chi connectivity index (χ3n) is 1.95. The molecule has 1 aromatic carbocycles. The van der Waals surface area contributed by atoms with Crippen molar-refractivity contribution in [2.75, 3.05) is 12.8 Å². The largest absolute Gasteiger partial charge is 0.332 e. The van der Waals surface area contributed by atoms with Crippen LogP contribution in [0.15, 0.2) is 29.2 Å². The number of hydrogen-bond donors (Lipinski definition) is 0. The van der Waals surface area contributed by atoms with Crippen molar-refractivity contribution < 1.29 is 4.79 Å². The van der Waals surface area contributed by atoms with Gasteiger partial charge in [0.25, 0.3) is 4.82 Å². The second-order valence-corrected chi connectivity index (χ2v) is 5.20. The van der Waals surface area contributed by atoms with Crippen molar-refractivity contribution in [3.63, 3.8) is 0 Å². The van der Waals surface area contributed by atoms with Crippen LogP contribution in [0.3, 0.4) is 0 Å². The minimum absolute atomic E-state index is 0.0884. The van der Waals surface area contributed by atoms with Gasteiger partial charge in [-0.2, -0.15) is 0 Å². The van der Waals surface area contributed by atoms with Crippen molar-refractivity contribution >= 4 is 32.5 Å². The Morgan fingerprint density at radius 3 is 2.47 bits per heavy atom. The molecule has 0 saturated carbocycles. The van der Waals surface area contributed by atoms with Crippen molar-refractivity contribution in [3.05, 3.63) is 29.8 Å². The van der Waals surface area contributed by atoms with Crippen LogP contribution in [0.25, 0.3) is 0 Å². The van der Waals surface area contributed by atoms with Crippen molar-refractivity contribution in [1.29, 1.82) is 0 Å². The molecule has 15 heavy (non-hydrogen) atoms. The summed E-state index contributed by atoms with van der Waals surface area (Å²) < 4.78 is 0. The summed E-state index contributed by atoms with van der Waals surface area (Å²) in [7, 11) is 1.77. The molecule has 0 aliphatic rings. The monoisotopic (exact) mass is 287 g/mol. The molecule has 4 heteroatoms. The molecule has 0 unspecified atom stereocenters. The molecule has 1 aromatic rings. The van der Waals surface area contributed by atoms with E-state index in [-0.39, 0.29) is 4.82 Å². The number of carbonyl (C=O) groups is 1. The average Bonchev–Trinajstić information content (AvgIpc) is 2.21. The lowest BCUT2D eigenvalue weighted by atomic mass is 10.2. The molecule has 2 nitrogen and oxygen atoms in total. The molecule has 0 aliphatic heterocycles. The zero-order valence-electron chi connectivity index (χ0n) is 8.87. The van der Waals surface area contributed by atoms with Gasteiger partial charge in [-0.1, -0.05) is 19.1 Å². The normalized spacial score (nSPS) is 10.1. The number of amides is 1. The van der Waals surface area contributed by atoms with E-state index in [1.165, 1.54) is 4.90 Å². The summed E-state index contributed by atoms with van der Waals surface area (Å²) in [6.07, 6.45) is 0. The summed E-state index contributed by atoms with van der Waals surface area (Å²) >= 11 is 4.74. The molecule has 0 aromatic heterocycles. The summed E-state index contributed by atoms with van der Waals surface area (Å²) in [6.45, 7) is 2.77. The molecule has 0 heterocycles. The van der Waals surface area contributed by atoms with E-state index >= 15 is 0 Å². The summed E-state index contributed by atoms with van der Waals surface area (Å²) in [4.78, 5) is 13.8. The molecular formula is C11H14BrNOS. The van der Waals surface area contributed by atoms with Gasteiger partial charge in [-0.15, -0.1) is 11.8 Å². The Morgan fingerprint density at radius 2 is 2.00 bits per heavy atom. The first kappa shape index (κ1) is 12.6. The highest BCUT2D eigenvalue weighted by atomic mass is 79.9. The minimum Gasteiger partial charge on any atom is -0.332 e. The number of halogens is 1. The number of hydrogen-bond acceptors (Lipinski definition) is 2. The van der Waals surface area contributed by atoms with E-state index in [2.05, 4.69) is 47.1 Å². The van der Waals surface area contributed by atoms with Gasteiger partial charge in [0.1, 0.15) is 0 Å². The lowest BCUT2D eigenvalue weighted by molar-refractivity contribution is 0.233. The zero-order chi connectivity index (χ0) is 11.3. The van der Waals surface area contributed by atoms with Crippen molar-refractivity contribution in [1.82, 2.24) is 4.90 Å². The molecule has 0 atom stereocenters. The highest BCUT2D eigenvalue weighted by molar-refractivity contribution is 9.18. The van der Waals surface area contributed by atoms with Crippen LogP contribution in [0.2, 0.25) is 0 Å². The first-order chi connectivity index (χ1) is 7.13. The third-order valence-corrected chi connectivity index (χ3v) is 3.45. The fourth-order valence-electron chi connectivity index (χ4n) is 1.19. The molecule has 0 N–H and O–H groups in total. The van der Waals surface area contributed by atoms with Crippen LogP contribution in [0.5, 0.6) is 0 Å². The molecule has 0 saturated heterocycles. The predicted molar refractivity (Wildman–Crippen MR) is 68.6 cm³/mol. The second kappa shape index (κ2) is 6.18. The van der Waals surface area contributed by atoms with Crippen LogP contribution in [-0.2, 0) is 6.54 Å². The molecule has 1 amide bonds. The summed E-state index contributed by atoms with van der Waals surface area (Å²) in [6, 6.07) is 8.31. The van der Waals surface area contributed by atoms with Gasteiger partial charge in [0.15, 0.2) is 0 Å². The fourth-order valence-corrected chi connectivity index (χ4v) is 1.98. The quantitative estimate of drug-likeness (QED) is 0.478. The number of nitrogens with zero attached hydrogens (tertiary/aromatic N) is 1. The lowest BCUT2D eigenvalue weighted by Gasteiger charge is -2.13. The van der Waals surface area contributed by atoms with Gasteiger partial charge in [0.2, 0.25) is 0 Å². The van der Waals surface area contributed by atoms with E-state index in [0.29, 0.717) is 6.54 Å². The van der Waals surface area contributed by atoms with Crippen LogP contribution >= 0.6 is 27.7 Å². The summed E-state index contributed by atoms with van der Waals surface area (Å²) in [5.74, 6) is 1.08. The van der Waals surface area contributed by atoms with E-state index in [1.54, 1.807) is 11.9 Å². The Bertz CT molecular complexity index is 326. The van der Waals surface area contributed by atoms with Crippen molar-refractivity contribution in [2.24, 2.45) is 0 Å². The minimum atomic E-state index is -0.0884. The van der Waals surface area contributed by atoms with E-state index in [1.807, 2.05) is 11.8 Å². The van der Waals surface area contributed by atoms with Crippen LogP contribution in [0.4, 0.5) is 4.79 Å². The molecule has 82 valence electrons. The highest BCUT2D eigenvalue weighted by Crippen LogP contribution is 2.18. The Kier molecular flexibility index (Phi) is 5.19. The van der Waals surface area contributed by atoms with Gasteiger partial charge < -0.3 is 4.90 Å². The smallest absolute Gasteiger partial charge is 0.289 e. The molecule has 0 fully saturated rings. The second-order valence-electron chi connectivity index (χ2n) is 3.19. The number of carbonyl (C=O) groups excluding carboxylic acids is 1. The predicted octanol–water partition coefficient (Wildman–Crippen LogP) is 3.75. The van der Waals surface area contributed by atoms with Crippen LogP contribution < -0.4 is 0 Å². The number of benzene rings is 1. The van der Waals surface area contributed by atoms with Crippen molar-refractivity contribution in [3.8, 4) is 0 Å². The van der Waals surface area contributed by atoms with Crippen LogP contribution in [-0.4, -0.2) is 22.5 Å². The molecule has 0 radical (unpaired) electrons. The molecular weight excluding hydrogens is 274 g/mol. The molecule has 0 bridgehead atoms. The standard InChI is InChI=1S/C11H14BrNOS/c1-3-15-10-6-4-9(5-7-10)8-13(2)11(12)14/h4-7H,3,8H2,1-2H3. The van der Waals surface area contributed by atoms with Gasteiger partial charge in [0.05, 0.1) is 0 Å². The first-order valence-corrected chi connectivity index (χ1v) is 6.53. The fraction of sp³-hybridized carbons (Fsp3) is 0.364. The van der Waals surface area contributed by atoms with Gasteiger partial charge >= 0.3 is 0 Å². The number of thioether (sulfide) groups is 1. The van der Waals surface area contributed by atoms with Gasteiger partial charge in [0, 0.05) is 34.4 Å². The van der Waals surface area contributed by atoms with Gasteiger partial charge in [-0.25, -0.2) is 0 Å². The Labute approximate surface area is 103 Å². The van der Waals surface area contributed by atoms with E-state index in [4.69, 9.17) is 0 Å². The Hall–Kier alpha value is -0.480. The SMILES string of the molecule is CCSc1ccc(CN(C)C(=O)Br)cc1. The van der Waals surface area contributed by atoms with E-state index < -0.39 is 0 Å². The Morgan fingerprint density at radius 1 is 1.40 bits per heavy atom. The van der Waals surface area contributed by atoms with Gasteiger partial charge in [-0.05, 0) is 23.4 Å². The van der Waals surface area contributed by atoms with Crippen LogP contribution in [0.1, 0.15) is 12.5 Å². The molecule has 0 spiro atoms. The molecule has 1 rings (SSSR count). The number of rotatable bonds is 4. The average molecular weight is 288 g/mol.